The van der Waals surface area contributed by atoms with Crippen molar-refractivity contribution in [1.82, 2.24) is 5.16 Å². The van der Waals surface area contributed by atoms with Crippen molar-refractivity contribution in [3.8, 4) is 5.75 Å². The first-order valence-corrected chi connectivity index (χ1v) is 5.97. The van der Waals surface area contributed by atoms with Crippen LogP contribution in [-0.2, 0) is 6.61 Å². The van der Waals surface area contributed by atoms with E-state index in [4.69, 9.17) is 15.0 Å². The van der Waals surface area contributed by atoms with Gasteiger partial charge >= 0.3 is 0 Å². The molecule has 2 aromatic rings. The molecule has 1 atom stereocenters. The lowest BCUT2D eigenvalue weighted by atomic mass is 10.1. The van der Waals surface area contributed by atoms with E-state index in [0.717, 1.165) is 22.6 Å². The summed E-state index contributed by atoms with van der Waals surface area (Å²) in [5.74, 6) is 1.52. The Morgan fingerprint density at radius 2 is 2.11 bits per heavy atom. The van der Waals surface area contributed by atoms with Gasteiger partial charge in [-0.25, -0.2) is 0 Å². The molecule has 4 heteroatoms. The largest absolute Gasteiger partial charge is 0.485 e. The Balaban J connectivity index is 2.15. The molecule has 0 aliphatic heterocycles. The van der Waals surface area contributed by atoms with E-state index in [1.165, 1.54) is 0 Å². The van der Waals surface area contributed by atoms with Gasteiger partial charge in [-0.2, -0.15) is 0 Å². The quantitative estimate of drug-likeness (QED) is 0.901. The minimum Gasteiger partial charge on any atom is -0.485 e. The van der Waals surface area contributed by atoms with Crippen LogP contribution in [0.15, 0.2) is 28.8 Å². The molecule has 1 aromatic heterocycles. The van der Waals surface area contributed by atoms with Gasteiger partial charge in [0.15, 0.2) is 5.76 Å². The molecule has 0 saturated heterocycles. The van der Waals surface area contributed by atoms with Crippen molar-refractivity contribution < 1.29 is 9.26 Å². The highest BCUT2D eigenvalue weighted by Crippen LogP contribution is 2.26. The maximum atomic E-state index is 5.92. The number of nitrogens with two attached hydrogens (primary N) is 1. The van der Waals surface area contributed by atoms with E-state index in [1.807, 2.05) is 45.0 Å². The normalized spacial score (nSPS) is 12.4. The molecule has 1 aromatic carbocycles. The molecule has 0 radical (unpaired) electrons. The van der Waals surface area contributed by atoms with E-state index in [1.54, 1.807) is 0 Å². The van der Waals surface area contributed by atoms with E-state index in [-0.39, 0.29) is 6.04 Å². The van der Waals surface area contributed by atoms with Crippen molar-refractivity contribution in [3.05, 3.63) is 46.8 Å². The van der Waals surface area contributed by atoms with Crippen LogP contribution in [0, 0.1) is 13.8 Å². The smallest absolute Gasteiger partial charge is 0.174 e. The van der Waals surface area contributed by atoms with Crippen molar-refractivity contribution in [1.29, 1.82) is 0 Å². The third-order valence-electron chi connectivity index (χ3n) is 2.71. The molecule has 18 heavy (non-hydrogen) atoms. The molecule has 0 saturated carbocycles. The van der Waals surface area contributed by atoms with Gasteiger partial charge in [0.05, 0.1) is 5.69 Å². The van der Waals surface area contributed by atoms with Gasteiger partial charge in [-0.15, -0.1) is 0 Å². The van der Waals surface area contributed by atoms with Crippen molar-refractivity contribution in [2.24, 2.45) is 5.73 Å². The summed E-state index contributed by atoms with van der Waals surface area (Å²) in [5, 5.41) is 3.82. The average molecular weight is 246 g/mol. The number of aryl methyl sites for hydroxylation is 2. The van der Waals surface area contributed by atoms with Crippen LogP contribution in [0.3, 0.4) is 0 Å². The maximum Gasteiger partial charge on any atom is 0.174 e. The van der Waals surface area contributed by atoms with Crippen LogP contribution in [0.1, 0.15) is 35.5 Å². The zero-order valence-corrected chi connectivity index (χ0v) is 10.9. The summed E-state index contributed by atoms with van der Waals surface area (Å²) in [6.07, 6.45) is 0. The summed E-state index contributed by atoms with van der Waals surface area (Å²) in [4.78, 5) is 0. The SMILES string of the molecule is Cc1ccc(C(C)N)c(OCc2cc(C)no2)c1. The summed E-state index contributed by atoms with van der Waals surface area (Å²) in [7, 11) is 0. The highest BCUT2D eigenvalue weighted by molar-refractivity contribution is 5.39. The first-order valence-electron chi connectivity index (χ1n) is 5.97. The molecule has 4 nitrogen and oxygen atoms in total. The summed E-state index contributed by atoms with van der Waals surface area (Å²) < 4.78 is 10.9. The first-order chi connectivity index (χ1) is 8.56. The van der Waals surface area contributed by atoms with Gasteiger partial charge in [0.25, 0.3) is 0 Å². The Morgan fingerprint density at radius 1 is 1.33 bits per heavy atom. The minimum absolute atomic E-state index is 0.0583. The Bertz CT molecular complexity index is 532. The van der Waals surface area contributed by atoms with Crippen molar-refractivity contribution in [3.63, 3.8) is 0 Å². The number of nitrogens with zero attached hydrogens (tertiary/aromatic N) is 1. The van der Waals surface area contributed by atoms with Gasteiger partial charge in [-0.3, -0.25) is 0 Å². The molecular weight excluding hydrogens is 228 g/mol. The molecule has 2 rings (SSSR count). The van der Waals surface area contributed by atoms with Crippen molar-refractivity contribution in [2.75, 3.05) is 0 Å². The fourth-order valence-corrected chi connectivity index (χ4v) is 1.78. The third-order valence-corrected chi connectivity index (χ3v) is 2.71. The van der Waals surface area contributed by atoms with Crippen LogP contribution in [-0.4, -0.2) is 5.16 Å². The molecule has 1 unspecified atom stereocenters. The monoisotopic (exact) mass is 246 g/mol. The molecule has 0 aliphatic carbocycles. The highest BCUT2D eigenvalue weighted by atomic mass is 16.5. The Morgan fingerprint density at radius 3 is 2.72 bits per heavy atom. The van der Waals surface area contributed by atoms with Crippen LogP contribution in [0.25, 0.3) is 0 Å². The summed E-state index contributed by atoms with van der Waals surface area (Å²) in [6.45, 7) is 6.21. The number of rotatable bonds is 4. The standard InChI is InChI=1S/C14H18N2O2/c1-9-4-5-13(11(3)15)14(6-9)17-8-12-7-10(2)16-18-12/h4-7,11H,8,15H2,1-3H3. The molecule has 2 N–H and O–H groups in total. The third kappa shape index (κ3) is 2.90. The van der Waals surface area contributed by atoms with Gasteiger partial charge in [0.2, 0.25) is 0 Å². The number of hydrogen-bond donors (Lipinski definition) is 1. The molecule has 0 aliphatic rings. The fourth-order valence-electron chi connectivity index (χ4n) is 1.78. The second kappa shape index (κ2) is 5.23. The Labute approximate surface area is 107 Å². The van der Waals surface area contributed by atoms with Crippen LogP contribution in [0.2, 0.25) is 0 Å². The number of hydrogen-bond acceptors (Lipinski definition) is 4. The highest BCUT2D eigenvalue weighted by Gasteiger charge is 2.09. The average Bonchev–Trinajstić information content (AvgIpc) is 2.72. The Kier molecular flexibility index (Phi) is 3.67. The van der Waals surface area contributed by atoms with E-state index in [9.17, 15) is 0 Å². The lowest BCUT2D eigenvalue weighted by molar-refractivity contribution is 0.246. The van der Waals surface area contributed by atoms with Crippen molar-refractivity contribution >= 4 is 0 Å². The molecule has 1 heterocycles. The molecular formula is C14H18N2O2. The topological polar surface area (TPSA) is 61.3 Å². The van der Waals surface area contributed by atoms with Crippen LogP contribution >= 0.6 is 0 Å². The van der Waals surface area contributed by atoms with Crippen LogP contribution in [0.4, 0.5) is 0 Å². The summed E-state index contributed by atoms with van der Waals surface area (Å²) in [5.41, 5.74) is 8.91. The second-order valence-corrected chi connectivity index (χ2v) is 4.55. The maximum absolute atomic E-state index is 5.92. The van der Waals surface area contributed by atoms with Gasteiger partial charge < -0.3 is 15.0 Å². The molecule has 0 spiro atoms. The molecule has 96 valence electrons. The van der Waals surface area contributed by atoms with Crippen LogP contribution in [0.5, 0.6) is 5.75 Å². The summed E-state index contributed by atoms with van der Waals surface area (Å²) in [6, 6.07) is 7.83. The first kappa shape index (κ1) is 12.6. The van der Waals surface area contributed by atoms with E-state index in [0.29, 0.717) is 12.4 Å². The zero-order chi connectivity index (χ0) is 13.1. The number of aromatic nitrogens is 1. The summed E-state index contributed by atoms with van der Waals surface area (Å²) >= 11 is 0. The van der Waals surface area contributed by atoms with Gasteiger partial charge in [-0.1, -0.05) is 17.3 Å². The van der Waals surface area contributed by atoms with Gasteiger partial charge in [-0.05, 0) is 32.4 Å². The van der Waals surface area contributed by atoms with E-state index < -0.39 is 0 Å². The second-order valence-electron chi connectivity index (χ2n) is 4.55. The number of ether oxygens (including phenoxy) is 1. The fraction of sp³-hybridized carbons (Fsp3) is 0.357. The Hall–Kier alpha value is -1.81. The number of benzene rings is 1. The zero-order valence-electron chi connectivity index (χ0n) is 10.9. The lowest BCUT2D eigenvalue weighted by Gasteiger charge is -2.13. The molecule has 0 bridgehead atoms. The minimum atomic E-state index is -0.0583. The van der Waals surface area contributed by atoms with E-state index >= 15 is 0 Å². The van der Waals surface area contributed by atoms with Crippen LogP contribution < -0.4 is 10.5 Å². The van der Waals surface area contributed by atoms with Gasteiger partial charge in [0, 0.05) is 17.7 Å². The van der Waals surface area contributed by atoms with E-state index in [2.05, 4.69) is 5.16 Å². The molecule has 0 fully saturated rings. The van der Waals surface area contributed by atoms with Crippen molar-refractivity contribution in [2.45, 2.75) is 33.4 Å². The van der Waals surface area contributed by atoms with Gasteiger partial charge in [0.1, 0.15) is 12.4 Å². The predicted molar refractivity (Wildman–Crippen MR) is 69.4 cm³/mol. The predicted octanol–water partition coefficient (Wildman–Crippen LogP) is 2.89. The lowest BCUT2D eigenvalue weighted by Crippen LogP contribution is -2.08. The molecule has 0 amide bonds.